The van der Waals surface area contributed by atoms with Crippen LogP contribution >= 0.6 is 0 Å². The summed E-state index contributed by atoms with van der Waals surface area (Å²) in [6.07, 6.45) is 7.00. The number of hydrogen-bond donors (Lipinski definition) is 0. The molecule has 2 aliphatic rings. The first-order valence-corrected chi connectivity index (χ1v) is 10.7. The predicted molar refractivity (Wildman–Crippen MR) is 119 cm³/mol. The molecule has 1 amide bonds. The monoisotopic (exact) mass is 403 g/mol. The quantitative estimate of drug-likeness (QED) is 0.703. The van der Waals surface area contributed by atoms with Crippen molar-refractivity contribution in [1.82, 2.24) is 4.90 Å². The van der Waals surface area contributed by atoms with Crippen molar-refractivity contribution in [2.24, 2.45) is 4.99 Å². The van der Waals surface area contributed by atoms with E-state index in [0.717, 1.165) is 67.5 Å². The summed E-state index contributed by atoms with van der Waals surface area (Å²) in [7, 11) is 0. The number of hydrogen-bond acceptors (Lipinski definition) is 3. The highest BCUT2D eigenvalue weighted by Gasteiger charge is 2.49. The highest BCUT2D eigenvalue weighted by molar-refractivity contribution is 6.08. The molecule has 4 rings (SSSR count). The Balaban J connectivity index is 0.00000256. The minimum absolute atomic E-state index is 0. The van der Waals surface area contributed by atoms with Gasteiger partial charge in [-0.1, -0.05) is 68.7 Å². The van der Waals surface area contributed by atoms with Crippen LogP contribution in [0.5, 0.6) is 0 Å². The summed E-state index contributed by atoms with van der Waals surface area (Å²) in [6.45, 7) is 2.74. The van der Waals surface area contributed by atoms with E-state index in [1.807, 2.05) is 41.3 Å². The van der Waals surface area contributed by atoms with Gasteiger partial charge in [-0.2, -0.15) is 5.26 Å². The Morgan fingerprint density at radius 3 is 2.47 bits per heavy atom. The third-order valence-electron chi connectivity index (χ3n) is 6.14. The molecule has 2 aromatic rings. The van der Waals surface area contributed by atoms with Gasteiger partial charge in [-0.25, -0.2) is 0 Å². The number of rotatable bonds is 6. The lowest BCUT2D eigenvalue weighted by Crippen LogP contribution is -2.40. The lowest BCUT2D eigenvalue weighted by Gasteiger charge is -2.23. The predicted octanol–water partition coefficient (Wildman–Crippen LogP) is 4.64. The van der Waals surface area contributed by atoms with Gasteiger partial charge < -0.3 is 5.48 Å². The number of carbonyl (C=O) groups is 1. The summed E-state index contributed by atoms with van der Waals surface area (Å²) in [5.41, 5.74) is 3.25. The van der Waals surface area contributed by atoms with E-state index in [-0.39, 0.29) is 11.4 Å². The molecule has 1 spiro atoms. The molecular weight excluding hydrogens is 374 g/mol. The van der Waals surface area contributed by atoms with Crippen LogP contribution in [0.4, 0.5) is 0 Å². The summed E-state index contributed by atoms with van der Waals surface area (Å²) in [4.78, 5) is 20.1. The minimum Gasteiger partial charge on any atom is -0.412 e. The fraction of sp³-hybridized carbons (Fsp3) is 0.400. The first-order valence-electron chi connectivity index (χ1n) is 10.7. The van der Waals surface area contributed by atoms with Gasteiger partial charge in [-0.15, -0.1) is 0 Å². The molecule has 0 radical (unpaired) electrons. The molecular formula is C25H29N3O2. The maximum Gasteiger partial charge on any atom is 0.256 e. The first kappa shape index (κ1) is 21.7. The van der Waals surface area contributed by atoms with Crippen molar-refractivity contribution in [3.8, 4) is 17.2 Å². The second kappa shape index (κ2) is 9.23. The van der Waals surface area contributed by atoms with Gasteiger partial charge in [0.2, 0.25) is 0 Å². The van der Waals surface area contributed by atoms with Crippen LogP contribution in [-0.2, 0) is 11.3 Å². The van der Waals surface area contributed by atoms with Crippen LogP contribution < -0.4 is 0 Å². The third-order valence-corrected chi connectivity index (χ3v) is 6.14. The fourth-order valence-corrected chi connectivity index (χ4v) is 4.50. The van der Waals surface area contributed by atoms with Gasteiger partial charge in [0, 0.05) is 6.42 Å². The number of nitrogens with zero attached hydrogens (tertiary/aromatic N) is 3. The van der Waals surface area contributed by atoms with Crippen LogP contribution in [0, 0.1) is 11.3 Å². The lowest BCUT2D eigenvalue weighted by atomic mass is 9.97. The van der Waals surface area contributed by atoms with Crippen LogP contribution in [0.2, 0.25) is 0 Å². The van der Waals surface area contributed by atoms with Gasteiger partial charge in [-0.3, -0.25) is 14.7 Å². The van der Waals surface area contributed by atoms with Crippen molar-refractivity contribution in [3.63, 3.8) is 0 Å². The second-order valence-electron chi connectivity index (χ2n) is 8.12. The molecule has 1 fully saturated rings. The van der Waals surface area contributed by atoms with E-state index in [0.29, 0.717) is 12.1 Å². The molecule has 0 atom stereocenters. The topological polar surface area (TPSA) is 88.0 Å². The Hall–Kier alpha value is -2.97. The van der Waals surface area contributed by atoms with Crippen molar-refractivity contribution in [3.05, 3.63) is 59.7 Å². The Morgan fingerprint density at radius 2 is 1.80 bits per heavy atom. The Kier molecular flexibility index (Phi) is 6.69. The molecule has 1 aliphatic carbocycles. The number of amidine groups is 1. The maximum atomic E-state index is 13.3. The van der Waals surface area contributed by atoms with Gasteiger partial charge in [-0.05, 0) is 42.0 Å². The van der Waals surface area contributed by atoms with Crippen LogP contribution in [-0.4, -0.2) is 27.7 Å². The molecule has 5 heteroatoms. The molecule has 156 valence electrons. The Labute approximate surface area is 178 Å². The zero-order chi connectivity index (χ0) is 20.3. The molecule has 2 N–H and O–H groups in total. The molecule has 1 saturated carbocycles. The smallest absolute Gasteiger partial charge is 0.256 e. The lowest BCUT2D eigenvalue weighted by molar-refractivity contribution is -0.131. The van der Waals surface area contributed by atoms with Crippen LogP contribution in [0.15, 0.2) is 53.5 Å². The molecule has 2 aromatic carbocycles. The highest BCUT2D eigenvalue weighted by Crippen LogP contribution is 2.40. The SMILES string of the molecule is CCCCC1=NC2(CCCC2)C(=O)N1Cc1ccc(-c2ccccc2C#N)cc1.O. The summed E-state index contributed by atoms with van der Waals surface area (Å²) < 4.78 is 0. The molecule has 0 aromatic heterocycles. The van der Waals surface area contributed by atoms with E-state index in [4.69, 9.17) is 4.99 Å². The van der Waals surface area contributed by atoms with Crippen molar-refractivity contribution in [2.45, 2.75) is 64.0 Å². The Morgan fingerprint density at radius 1 is 1.10 bits per heavy atom. The molecule has 0 bridgehead atoms. The normalized spacial score (nSPS) is 17.0. The molecule has 5 nitrogen and oxygen atoms in total. The first-order chi connectivity index (χ1) is 14.2. The average molecular weight is 404 g/mol. The average Bonchev–Trinajstić information content (AvgIpc) is 3.33. The summed E-state index contributed by atoms with van der Waals surface area (Å²) in [6, 6.07) is 18.1. The molecule has 0 unspecified atom stereocenters. The summed E-state index contributed by atoms with van der Waals surface area (Å²) >= 11 is 0. The molecule has 1 aliphatic heterocycles. The third kappa shape index (κ3) is 4.01. The van der Waals surface area contributed by atoms with Gasteiger partial charge in [0.1, 0.15) is 11.4 Å². The van der Waals surface area contributed by atoms with E-state index in [1.165, 1.54) is 0 Å². The van der Waals surface area contributed by atoms with Crippen molar-refractivity contribution < 1.29 is 10.3 Å². The van der Waals surface area contributed by atoms with E-state index in [2.05, 4.69) is 25.1 Å². The fourth-order valence-electron chi connectivity index (χ4n) is 4.50. The number of amides is 1. The minimum atomic E-state index is -0.477. The number of benzene rings is 2. The summed E-state index contributed by atoms with van der Waals surface area (Å²) in [5.74, 6) is 1.16. The zero-order valence-electron chi connectivity index (χ0n) is 17.5. The molecule has 1 heterocycles. The van der Waals surface area contributed by atoms with Gasteiger partial charge in [0.25, 0.3) is 5.91 Å². The highest BCUT2D eigenvalue weighted by atomic mass is 16.2. The molecule has 30 heavy (non-hydrogen) atoms. The number of carbonyl (C=O) groups excluding carboxylic acids is 1. The largest absolute Gasteiger partial charge is 0.412 e. The standard InChI is InChI=1S/C25H27N3O.H2O/c1-2-3-10-23-27-25(15-6-7-16-25)24(29)28(23)18-19-11-13-20(14-12-19)22-9-5-4-8-21(22)17-26;/h4-5,8-9,11-14H,2-3,6-7,10,15-16,18H2,1H3;1H2. The van der Waals surface area contributed by atoms with Gasteiger partial charge in [0.05, 0.1) is 18.2 Å². The van der Waals surface area contributed by atoms with E-state index < -0.39 is 5.54 Å². The Bertz CT molecular complexity index is 967. The molecule has 0 saturated heterocycles. The zero-order valence-corrected chi connectivity index (χ0v) is 17.5. The summed E-state index contributed by atoms with van der Waals surface area (Å²) in [5, 5.41) is 9.35. The van der Waals surface area contributed by atoms with E-state index >= 15 is 0 Å². The van der Waals surface area contributed by atoms with Gasteiger partial charge >= 0.3 is 0 Å². The maximum absolute atomic E-state index is 13.3. The van der Waals surface area contributed by atoms with Crippen LogP contribution in [0.1, 0.15) is 63.0 Å². The van der Waals surface area contributed by atoms with Crippen LogP contribution in [0.3, 0.4) is 0 Å². The van der Waals surface area contributed by atoms with Crippen molar-refractivity contribution >= 4 is 11.7 Å². The van der Waals surface area contributed by atoms with E-state index in [9.17, 15) is 10.1 Å². The van der Waals surface area contributed by atoms with E-state index in [1.54, 1.807) is 0 Å². The van der Waals surface area contributed by atoms with Crippen molar-refractivity contribution in [2.75, 3.05) is 0 Å². The number of nitriles is 1. The second-order valence-corrected chi connectivity index (χ2v) is 8.12. The van der Waals surface area contributed by atoms with Gasteiger partial charge in [0.15, 0.2) is 0 Å². The number of aliphatic imine (C=N–C) groups is 1. The number of unbranched alkanes of at least 4 members (excludes halogenated alkanes) is 1. The van der Waals surface area contributed by atoms with Crippen LogP contribution in [0.25, 0.3) is 11.1 Å². The van der Waals surface area contributed by atoms with Crippen molar-refractivity contribution in [1.29, 1.82) is 5.26 Å².